The molecule has 4 aliphatic carbocycles. The minimum Gasteiger partial charge on any atom is -1.00 e. The van der Waals surface area contributed by atoms with Gasteiger partial charge in [0.15, 0.2) is 22.5 Å². The zero-order chi connectivity index (χ0) is 86.0. The molecule has 7 aliphatic heterocycles. The fourth-order valence-electron chi connectivity index (χ4n) is 20.4. The number of ketones is 1. The van der Waals surface area contributed by atoms with E-state index in [2.05, 4.69) is 142 Å². The van der Waals surface area contributed by atoms with E-state index in [1.54, 1.807) is 16.0 Å². The fourth-order valence-corrected chi connectivity index (χ4v) is 20.4. The van der Waals surface area contributed by atoms with Crippen molar-refractivity contribution in [2.75, 3.05) is 75.9 Å². The van der Waals surface area contributed by atoms with Crippen molar-refractivity contribution in [2.24, 2.45) is 52.3 Å². The number of carboxylic acids is 1. The summed E-state index contributed by atoms with van der Waals surface area (Å²) < 4.78 is 18.0. The smallest absolute Gasteiger partial charge is 1.00 e. The maximum Gasteiger partial charge on any atom is 1.00 e. The molecule has 25 nitrogen and oxygen atoms in total. The van der Waals surface area contributed by atoms with E-state index in [4.69, 9.17) is 9.73 Å². The van der Waals surface area contributed by atoms with Crippen LogP contribution in [0.4, 0.5) is 22.7 Å². The summed E-state index contributed by atoms with van der Waals surface area (Å²) in [5.41, 5.74) is 28.0. The molecule has 0 spiro atoms. The van der Waals surface area contributed by atoms with Crippen LogP contribution in [0.15, 0.2) is 124 Å². The average molecular weight is 1770 g/mol. The summed E-state index contributed by atoms with van der Waals surface area (Å²) >= 11 is 0. The third kappa shape index (κ3) is 18.2. The zero-order valence-electron chi connectivity index (χ0n) is 72.2. The first-order valence-electron chi connectivity index (χ1n) is 42.0. The number of hydrogen-bond donors (Lipinski definition) is 10. The van der Waals surface area contributed by atoms with Crippen molar-refractivity contribution in [3.63, 3.8) is 0 Å². The van der Waals surface area contributed by atoms with Crippen molar-refractivity contribution in [1.82, 2.24) is 15.5 Å². The second-order valence-electron chi connectivity index (χ2n) is 33.8. The van der Waals surface area contributed by atoms with Crippen LogP contribution >= 0.6 is 0 Å². The fraction of sp³-hybridized carbons (Fsp3) is 0.453. The molecule has 0 saturated carbocycles. The number of aliphatic imine (C=N–C) groups is 1. The molecule has 11 aliphatic rings. The Morgan fingerprint density at radius 3 is 1.30 bits per heavy atom. The van der Waals surface area contributed by atoms with E-state index < -0.39 is 70.8 Å². The molecule has 10 N–H and O–H groups in total. The first-order chi connectivity index (χ1) is 57.5. The molecule has 122 heavy (non-hydrogen) atoms. The number of nitrogens with zero attached hydrogens (tertiary/aromatic N) is 2. The molecule has 6 aromatic carbocycles. The van der Waals surface area contributed by atoms with E-state index in [9.17, 15) is 63.6 Å². The van der Waals surface area contributed by atoms with Crippen LogP contribution in [0.1, 0.15) is 185 Å². The Morgan fingerprint density at radius 2 is 0.869 bits per heavy atom. The van der Waals surface area contributed by atoms with Gasteiger partial charge in [-0.25, -0.2) is 14.4 Å². The maximum absolute atomic E-state index is 13.7. The molecule has 0 fully saturated rings. The number of fused-ring (bicyclic) bond motifs is 18. The molecule has 6 aromatic rings. The summed E-state index contributed by atoms with van der Waals surface area (Å²) in [6.07, 6.45) is 13.4. The Morgan fingerprint density at radius 1 is 0.484 bits per heavy atom. The van der Waals surface area contributed by atoms with Crippen molar-refractivity contribution in [1.29, 1.82) is 0 Å². The number of aryl methyl sites for hydroxylation is 4. The summed E-state index contributed by atoms with van der Waals surface area (Å²) in [7, 11) is 4.65. The molecule has 10 atom stereocenters. The second kappa shape index (κ2) is 39.4. The predicted octanol–water partition coefficient (Wildman–Crippen LogP) is 7.25. The van der Waals surface area contributed by atoms with Crippen LogP contribution in [0.3, 0.4) is 0 Å². The summed E-state index contributed by atoms with van der Waals surface area (Å²) in [4.78, 5) is 113. The van der Waals surface area contributed by atoms with Gasteiger partial charge in [0, 0.05) is 78.9 Å². The van der Waals surface area contributed by atoms with E-state index in [1.807, 2.05) is 44.2 Å². The van der Waals surface area contributed by atoms with Gasteiger partial charge in [-0.3, -0.25) is 33.8 Å². The number of benzene rings is 6. The number of ether oxygens (including phenoxy) is 4. The molecule has 17 rings (SSSR count). The topological polar surface area (TPSA) is 359 Å². The van der Waals surface area contributed by atoms with Crippen LogP contribution in [0.5, 0.6) is 0 Å². The molecule has 0 bridgehead atoms. The van der Waals surface area contributed by atoms with Crippen molar-refractivity contribution in [3.8, 4) is 0 Å². The predicted molar refractivity (Wildman–Crippen MR) is 456 cm³/mol. The quantitative estimate of drug-likeness (QED) is 0.0161. The largest absolute Gasteiger partial charge is 1.00 e. The number of hydrogen-bond acceptors (Lipinski definition) is 21. The van der Waals surface area contributed by atoms with Crippen molar-refractivity contribution in [2.45, 2.75) is 177 Å². The number of aliphatic carboxylic acids is 1. The van der Waals surface area contributed by atoms with Gasteiger partial charge < -0.3 is 100 Å². The van der Waals surface area contributed by atoms with Gasteiger partial charge in [-0.15, -0.1) is 0 Å². The third-order valence-electron chi connectivity index (χ3n) is 25.9. The number of halogens is 1. The number of carbonyl (C=O) groups is 9. The number of rotatable bonds is 10. The summed E-state index contributed by atoms with van der Waals surface area (Å²) in [5, 5.41) is 61.8. The van der Waals surface area contributed by atoms with Gasteiger partial charge in [0.05, 0.1) is 53.1 Å². The molecule has 7 heterocycles. The third-order valence-corrected chi connectivity index (χ3v) is 25.9. The number of methoxy groups -OCH3 is 4. The maximum atomic E-state index is 13.7. The van der Waals surface area contributed by atoms with Crippen molar-refractivity contribution in [3.05, 3.63) is 219 Å². The molecule has 642 valence electrons. The molecular formula is C95H112ILiN8O17. The molecule has 0 aromatic heterocycles. The van der Waals surface area contributed by atoms with Crippen molar-refractivity contribution < 1.29 is 125 Å². The number of Topliss-reactive ketones (excluding diaryl/α,β-unsaturated/α-hetero) is 1. The summed E-state index contributed by atoms with van der Waals surface area (Å²) in [5.74, 6) is -9.27. The Kier molecular flexibility index (Phi) is 29.8. The van der Waals surface area contributed by atoms with Crippen LogP contribution in [0.2, 0.25) is 0 Å². The number of nitrogens with one attached hydrogen (secondary N) is 6. The van der Waals surface area contributed by atoms with Gasteiger partial charge in [-0.1, -0.05) is 107 Å². The van der Waals surface area contributed by atoms with E-state index in [-0.39, 0.29) is 119 Å². The molecule has 10 unspecified atom stereocenters. The van der Waals surface area contributed by atoms with E-state index in [1.165, 1.54) is 112 Å². The minimum atomic E-state index is -1.44. The van der Waals surface area contributed by atoms with Gasteiger partial charge in [-0.05, 0) is 248 Å². The Labute approximate surface area is 742 Å². The second-order valence-corrected chi connectivity index (χ2v) is 33.8. The van der Waals surface area contributed by atoms with Gasteiger partial charge in [0.25, 0.3) is 17.7 Å². The Bertz CT molecular complexity index is 5240. The van der Waals surface area contributed by atoms with Crippen LogP contribution in [0, 0.1) is 75.0 Å². The van der Waals surface area contributed by atoms with Crippen LogP contribution < -0.4 is 74.7 Å². The van der Waals surface area contributed by atoms with Crippen molar-refractivity contribution >= 4 is 81.8 Å². The first-order valence-corrected chi connectivity index (χ1v) is 42.0. The number of anilines is 4. The average Bonchev–Trinajstić information content (AvgIpc) is 0.724. The summed E-state index contributed by atoms with van der Waals surface area (Å²) in [6, 6.07) is 28.1. The van der Waals surface area contributed by atoms with Crippen LogP contribution in [-0.4, -0.2) is 139 Å². The minimum absolute atomic E-state index is 0. The zero-order valence-corrected chi connectivity index (χ0v) is 74.4. The van der Waals surface area contributed by atoms with Crippen LogP contribution in [0.25, 0.3) is 0 Å². The van der Waals surface area contributed by atoms with Gasteiger partial charge >= 0.3 is 48.7 Å². The van der Waals surface area contributed by atoms with Gasteiger partial charge in [-0.2, -0.15) is 0 Å². The van der Waals surface area contributed by atoms with E-state index in [0.717, 1.165) is 157 Å². The van der Waals surface area contributed by atoms with E-state index >= 15 is 0 Å². The number of aliphatic hydroxyl groups excluding tert-OH is 3. The number of carboxylic acid groups (broad SMARTS) is 1. The van der Waals surface area contributed by atoms with Gasteiger partial charge in [0.1, 0.15) is 17.3 Å². The Hall–Kier alpha value is -10.4. The number of amides is 3. The normalized spacial score (nSPS) is 22.9. The van der Waals surface area contributed by atoms with Gasteiger partial charge in [0.2, 0.25) is 5.92 Å². The molecule has 0 radical (unpaired) electrons. The Balaban J connectivity index is 0.000000152. The monoisotopic (exact) mass is 1770 g/mol. The number of aliphatic hydroxyl groups is 3. The number of carbonyl (C=O) groups excluding carboxylic acids is 8. The SMILES string of the molecule is COC(=O)C(C(C)=O)C(=O)OC.COC(=O)C1=C(O)C2C(C)Cc3c(cc(C)c4c3CCCN4)C2N(Cc2ccccc2)C1=O.COC(=O)C1=C(O)C2C(C)Cc3c(cc(C)c4c3CCCN4)C2NC1=O.Cc1cc2c(c3c1NCCC3)CC(C)C1C(O)=C(C(=O)O)C(=O)NC21.Cc1cc2c(c3c1NCCC3)CC(C)CC2=NCc1ccccc1.[I-].[Li+]. The molecular weight excluding hydrogens is 1660 g/mol. The molecule has 3 amide bonds. The number of esters is 4. The molecule has 0 saturated heterocycles. The first kappa shape index (κ1) is 92.3. The van der Waals surface area contributed by atoms with Crippen LogP contribution in [-0.2, 0) is 127 Å². The van der Waals surface area contributed by atoms with E-state index in [0.29, 0.717) is 12.5 Å². The molecule has 27 heteroatoms. The summed E-state index contributed by atoms with van der Waals surface area (Å²) in [6.45, 7) is 23.3. The standard InChI is InChI=1S/C27H30N2O4.C22H26N2.C20H24N2O4.C19H22N2O4.C7H10O5.HI.Li/c1-15-12-19-18-10-7-11-28-23(18)16(2)13-20(19)24-21(15)25(30)22(27(32)33-3)26(31)29(24)14-17-8-5-4-6-9-17;1-15-11-19-18-9-6-10-23-22(18)16(2)13-20(19)21(12-15)24-14-17-7-4-3-5-8-17;1-9-7-12-11-5-4-6-21-16(11)10(2)8-13(12)17-14(9)18(23)15(19(24)22-17)20(25)26-3;1-8-6-11-10-4-3-5-20-15(10)9(2)7-12(11)16-13(8)17(22)14(19(24)25)18(23)21-16;1-4(8)5(6(9)11-2)7(10)12-3;;/h4-6,8-9,13,15,21,24,28,30H,7,10-12,14H2,1-3H3;3-5,7-8,13,15,23H,6,9-12,14H2,1-2H3;8-9,14,17,21,23H,4-7H2,1-3H3,(H,22,24);7-8,13,16,20,22H,3-6H2,1-2H3,(H,21,23)(H,24,25);5H,1-3H3;1H;/q;;;;;;+1/p-1.